The second kappa shape index (κ2) is 12.6. The van der Waals surface area contributed by atoms with E-state index in [1.165, 1.54) is 5.56 Å². The van der Waals surface area contributed by atoms with Crippen molar-refractivity contribution in [1.29, 1.82) is 0 Å². The molecule has 5 aromatic carbocycles. The van der Waals surface area contributed by atoms with E-state index >= 15 is 0 Å². The van der Waals surface area contributed by atoms with Gasteiger partial charge >= 0.3 is 0 Å². The number of nitrogens with zero attached hydrogens (tertiary/aromatic N) is 5. The summed E-state index contributed by atoms with van der Waals surface area (Å²) in [4.78, 5) is 13.5. The SMILES string of the molecule is CC(C)(C)c1ccnc(-n2c3[c-]c(Oc4[c-]c(N5[CH-]N(c6ccc7oc8ccccc8c7c6)c6cnccc65)ccc4)ccc3c3ccccc32)c1.[Pt]. The molecule has 53 heavy (non-hydrogen) atoms. The maximum atomic E-state index is 6.51. The van der Waals surface area contributed by atoms with Gasteiger partial charge in [0, 0.05) is 72.6 Å². The zero-order valence-corrected chi connectivity index (χ0v) is 31.4. The number of hydrogen-bond donors (Lipinski definition) is 0. The van der Waals surface area contributed by atoms with Gasteiger partial charge in [0.05, 0.1) is 11.9 Å². The van der Waals surface area contributed by atoms with Crippen molar-refractivity contribution in [2.75, 3.05) is 9.80 Å². The van der Waals surface area contributed by atoms with Crippen molar-refractivity contribution < 1.29 is 30.2 Å². The molecule has 0 amide bonds. The summed E-state index contributed by atoms with van der Waals surface area (Å²) < 4.78 is 14.8. The molecule has 8 heteroatoms. The number of anilines is 4. The number of ether oxygens (including phenoxy) is 1. The summed E-state index contributed by atoms with van der Waals surface area (Å²) >= 11 is 0. The molecule has 0 aliphatic carbocycles. The van der Waals surface area contributed by atoms with Crippen LogP contribution in [0.2, 0.25) is 0 Å². The van der Waals surface area contributed by atoms with Crippen molar-refractivity contribution >= 4 is 66.5 Å². The molecule has 0 bridgehead atoms. The molecule has 0 radical (unpaired) electrons. The minimum absolute atomic E-state index is 0. The second-order valence-electron chi connectivity index (χ2n) is 14.1. The fourth-order valence-corrected chi connectivity index (χ4v) is 7.20. The van der Waals surface area contributed by atoms with E-state index < -0.39 is 0 Å². The summed E-state index contributed by atoms with van der Waals surface area (Å²) in [5, 5.41) is 4.38. The number of fused-ring (bicyclic) bond motifs is 7. The third-order valence-corrected chi connectivity index (χ3v) is 9.80. The molecule has 0 saturated carbocycles. The van der Waals surface area contributed by atoms with Crippen molar-refractivity contribution in [1.82, 2.24) is 14.5 Å². The Kier molecular flexibility index (Phi) is 7.86. The molecule has 5 heterocycles. The van der Waals surface area contributed by atoms with E-state index in [0.717, 1.165) is 72.3 Å². The first-order chi connectivity index (χ1) is 25.4. The average Bonchev–Trinajstić information content (AvgIpc) is 3.84. The van der Waals surface area contributed by atoms with Crippen LogP contribution in [0.25, 0.3) is 49.6 Å². The van der Waals surface area contributed by atoms with Gasteiger partial charge in [-0.2, -0.15) is 12.1 Å². The van der Waals surface area contributed by atoms with Crippen LogP contribution >= 0.6 is 0 Å². The largest absolute Gasteiger partial charge is 0.509 e. The van der Waals surface area contributed by atoms with E-state index in [4.69, 9.17) is 14.1 Å². The number of furan rings is 1. The number of hydrogen-bond acceptors (Lipinski definition) is 6. The molecule has 0 saturated heterocycles. The summed E-state index contributed by atoms with van der Waals surface area (Å²) in [6, 6.07) is 46.2. The standard InChI is InChI=1S/C45H32N5O2.Pt/c1-45(2,3)29-19-22-47-44(23-29)50-38-13-6-4-11-34(38)35-17-16-33(26-40(35)50)51-32-10-8-9-30(24-32)48-28-49(41-27-46-21-20-39(41)48)31-15-18-43-37(25-31)36-12-5-7-14-42(36)52-43;/h4-23,25,27-28H,1-3H3;/q-3;. The first kappa shape index (κ1) is 33.0. The quantitative estimate of drug-likeness (QED) is 0.161. The van der Waals surface area contributed by atoms with Gasteiger partial charge in [-0.1, -0.05) is 62.7 Å². The predicted molar refractivity (Wildman–Crippen MR) is 208 cm³/mol. The molecule has 0 spiro atoms. The predicted octanol–water partition coefficient (Wildman–Crippen LogP) is 11.6. The molecular formula is C45H32N5O2Pt-3. The Morgan fingerprint density at radius 3 is 2.38 bits per heavy atom. The molecule has 0 fully saturated rings. The fourth-order valence-electron chi connectivity index (χ4n) is 7.20. The van der Waals surface area contributed by atoms with Gasteiger partial charge in [-0.3, -0.25) is 4.98 Å². The van der Waals surface area contributed by atoms with E-state index in [1.807, 2.05) is 73.2 Å². The van der Waals surface area contributed by atoms with Gasteiger partial charge in [0.25, 0.3) is 0 Å². The molecule has 0 N–H and O–H groups in total. The Morgan fingerprint density at radius 1 is 0.679 bits per heavy atom. The van der Waals surface area contributed by atoms with Gasteiger partial charge in [0.15, 0.2) is 0 Å². The van der Waals surface area contributed by atoms with Crippen molar-refractivity contribution in [3.63, 3.8) is 0 Å². The minimum atomic E-state index is -0.0155. The van der Waals surface area contributed by atoms with E-state index in [0.29, 0.717) is 11.5 Å². The van der Waals surface area contributed by atoms with Crippen LogP contribution in [0, 0.1) is 18.8 Å². The molecule has 262 valence electrons. The van der Waals surface area contributed by atoms with Crippen molar-refractivity contribution in [3.05, 3.63) is 158 Å². The third-order valence-electron chi connectivity index (χ3n) is 9.80. The zero-order valence-electron chi connectivity index (χ0n) is 29.1. The Balaban J connectivity index is 0.00000372. The van der Waals surface area contributed by atoms with Gasteiger partial charge in [-0.25, -0.2) is 4.98 Å². The first-order valence-electron chi connectivity index (χ1n) is 17.3. The molecule has 0 unspecified atom stereocenters. The molecule has 9 aromatic rings. The van der Waals surface area contributed by atoms with Crippen LogP contribution in [0.5, 0.6) is 11.5 Å². The van der Waals surface area contributed by atoms with E-state index in [9.17, 15) is 0 Å². The fraction of sp³-hybridized carbons (Fsp3) is 0.0889. The number of rotatable bonds is 5. The van der Waals surface area contributed by atoms with Crippen LogP contribution in [0.4, 0.5) is 22.7 Å². The molecule has 7 nitrogen and oxygen atoms in total. The number of para-hydroxylation sites is 2. The van der Waals surface area contributed by atoms with E-state index in [-0.39, 0.29) is 26.5 Å². The van der Waals surface area contributed by atoms with Crippen LogP contribution in [0.15, 0.2) is 138 Å². The summed E-state index contributed by atoms with van der Waals surface area (Å²) in [6.07, 6.45) is 5.59. The summed E-state index contributed by atoms with van der Waals surface area (Å²) in [6.45, 7) is 8.72. The molecule has 1 aliphatic heterocycles. The average molecular weight is 870 g/mol. The summed E-state index contributed by atoms with van der Waals surface area (Å²) in [5.74, 6) is 2.02. The van der Waals surface area contributed by atoms with Crippen LogP contribution in [-0.2, 0) is 26.5 Å². The summed E-state index contributed by atoms with van der Waals surface area (Å²) in [5.41, 5.74) is 8.69. The normalized spacial score (nSPS) is 12.9. The maximum absolute atomic E-state index is 6.51. The molecule has 10 rings (SSSR count). The van der Waals surface area contributed by atoms with Gasteiger partial charge in [-0.15, -0.1) is 48.1 Å². The number of aromatic nitrogens is 3. The smallest absolute Gasteiger partial charge is 0.135 e. The van der Waals surface area contributed by atoms with Gasteiger partial charge < -0.3 is 23.5 Å². The minimum Gasteiger partial charge on any atom is -0.509 e. The topological polar surface area (TPSA) is 59.6 Å². The van der Waals surface area contributed by atoms with Crippen LogP contribution in [-0.4, -0.2) is 14.5 Å². The van der Waals surface area contributed by atoms with Crippen LogP contribution < -0.4 is 14.5 Å². The van der Waals surface area contributed by atoms with Gasteiger partial charge in [0.2, 0.25) is 0 Å². The molecule has 4 aromatic heterocycles. The van der Waals surface area contributed by atoms with E-state index in [2.05, 4.69) is 120 Å². The summed E-state index contributed by atoms with van der Waals surface area (Å²) in [7, 11) is 0. The van der Waals surface area contributed by atoms with Gasteiger partial charge in [0.1, 0.15) is 17.0 Å². The number of benzene rings is 5. The Labute approximate surface area is 321 Å². The Hall–Kier alpha value is -5.91. The number of pyridine rings is 2. The zero-order chi connectivity index (χ0) is 35.0. The maximum Gasteiger partial charge on any atom is 0.135 e. The third kappa shape index (κ3) is 5.55. The Bertz CT molecular complexity index is 2830. The van der Waals surface area contributed by atoms with E-state index in [1.54, 1.807) is 0 Å². The van der Waals surface area contributed by atoms with Crippen molar-refractivity contribution in [2.24, 2.45) is 0 Å². The monoisotopic (exact) mass is 869 g/mol. The van der Waals surface area contributed by atoms with Crippen LogP contribution in [0.1, 0.15) is 26.3 Å². The first-order valence-corrected chi connectivity index (χ1v) is 17.3. The van der Waals surface area contributed by atoms with Crippen molar-refractivity contribution in [2.45, 2.75) is 26.2 Å². The van der Waals surface area contributed by atoms with Crippen molar-refractivity contribution in [3.8, 4) is 17.3 Å². The molecular weight excluding hydrogens is 838 g/mol. The Morgan fingerprint density at radius 2 is 1.49 bits per heavy atom. The van der Waals surface area contributed by atoms with Crippen LogP contribution in [0.3, 0.4) is 0 Å². The molecule has 0 atom stereocenters. The molecule has 1 aliphatic rings. The van der Waals surface area contributed by atoms with Gasteiger partial charge in [-0.05, 0) is 64.9 Å². The second-order valence-corrected chi connectivity index (χ2v) is 14.1.